The van der Waals surface area contributed by atoms with E-state index in [0.29, 0.717) is 18.1 Å². The Hall–Kier alpha value is -2.37. The van der Waals surface area contributed by atoms with Crippen molar-refractivity contribution >= 4 is 17.4 Å². The molecule has 0 aliphatic rings. The van der Waals surface area contributed by atoms with Crippen LogP contribution in [0.15, 0.2) is 28.9 Å². The zero-order valence-electron chi connectivity index (χ0n) is 11.6. The van der Waals surface area contributed by atoms with Gasteiger partial charge in [0.2, 0.25) is 0 Å². The minimum Gasteiger partial charge on any atom is -0.360 e. The molecule has 0 fully saturated rings. The van der Waals surface area contributed by atoms with Gasteiger partial charge in [0.05, 0.1) is 0 Å². The van der Waals surface area contributed by atoms with Crippen molar-refractivity contribution in [2.75, 3.05) is 11.9 Å². The maximum absolute atomic E-state index is 11.9. The number of nitrogens with zero attached hydrogens (tertiary/aromatic N) is 2. The van der Waals surface area contributed by atoms with Crippen LogP contribution in [0.4, 0.5) is 11.5 Å². The Labute approximate surface area is 117 Å². The predicted molar refractivity (Wildman–Crippen MR) is 76.0 cm³/mol. The van der Waals surface area contributed by atoms with Crippen molar-refractivity contribution < 1.29 is 9.32 Å². The molecule has 2 rings (SSSR count). The minimum absolute atomic E-state index is 0.168. The number of amides is 1. The summed E-state index contributed by atoms with van der Waals surface area (Å²) < 4.78 is 4.97. The maximum atomic E-state index is 11.9. The van der Waals surface area contributed by atoms with E-state index in [9.17, 15) is 4.79 Å². The van der Waals surface area contributed by atoms with Gasteiger partial charge in [-0.15, -0.1) is 0 Å². The summed E-state index contributed by atoms with van der Waals surface area (Å²) >= 11 is 0. The molecule has 106 valence electrons. The second-order valence-corrected chi connectivity index (χ2v) is 4.49. The van der Waals surface area contributed by atoms with Crippen molar-refractivity contribution in [1.82, 2.24) is 15.5 Å². The molecule has 0 saturated heterocycles. The fourth-order valence-electron chi connectivity index (χ4n) is 1.67. The SMILES string of the molecule is CCCCNC(=O)c1cc(Nc2cc(C)on2)ccn1. The van der Waals surface area contributed by atoms with E-state index < -0.39 is 0 Å². The Morgan fingerprint density at radius 2 is 2.25 bits per heavy atom. The van der Waals surface area contributed by atoms with Gasteiger partial charge in [-0.1, -0.05) is 18.5 Å². The number of nitrogens with one attached hydrogen (secondary N) is 2. The van der Waals surface area contributed by atoms with E-state index >= 15 is 0 Å². The van der Waals surface area contributed by atoms with Gasteiger partial charge in [0, 0.05) is 24.5 Å². The molecule has 20 heavy (non-hydrogen) atoms. The Balaban J connectivity index is 2.02. The molecule has 1 amide bonds. The summed E-state index contributed by atoms with van der Waals surface area (Å²) in [6.07, 6.45) is 3.59. The van der Waals surface area contributed by atoms with Gasteiger partial charge in [0.25, 0.3) is 5.91 Å². The molecule has 0 aliphatic carbocycles. The van der Waals surface area contributed by atoms with Crippen molar-refractivity contribution in [1.29, 1.82) is 0 Å². The molecular weight excluding hydrogens is 256 g/mol. The van der Waals surface area contributed by atoms with E-state index in [0.717, 1.165) is 24.3 Å². The summed E-state index contributed by atoms with van der Waals surface area (Å²) in [7, 11) is 0. The van der Waals surface area contributed by atoms with E-state index in [-0.39, 0.29) is 5.91 Å². The predicted octanol–water partition coefficient (Wildman–Crippen LogP) is 2.65. The van der Waals surface area contributed by atoms with Crippen LogP contribution in [-0.4, -0.2) is 22.6 Å². The van der Waals surface area contributed by atoms with Crippen molar-refractivity contribution in [3.8, 4) is 0 Å². The number of hydrogen-bond donors (Lipinski definition) is 2. The number of aromatic nitrogens is 2. The molecule has 0 atom stereocenters. The van der Waals surface area contributed by atoms with Crippen LogP contribution < -0.4 is 10.6 Å². The Kier molecular flexibility index (Phi) is 4.70. The van der Waals surface area contributed by atoms with Crippen LogP contribution in [0.3, 0.4) is 0 Å². The van der Waals surface area contributed by atoms with Crippen molar-refractivity contribution in [2.45, 2.75) is 26.7 Å². The first-order valence-corrected chi connectivity index (χ1v) is 6.63. The third-order valence-corrected chi connectivity index (χ3v) is 2.71. The van der Waals surface area contributed by atoms with Gasteiger partial charge in [-0.05, 0) is 25.5 Å². The first-order valence-electron chi connectivity index (χ1n) is 6.63. The highest BCUT2D eigenvalue weighted by Gasteiger charge is 2.08. The molecule has 0 unspecified atom stereocenters. The molecule has 2 heterocycles. The lowest BCUT2D eigenvalue weighted by atomic mass is 10.3. The highest BCUT2D eigenvalue weighted by atomic mass is 16.5. The largest absolute Gasteiger partial charge is 0.360 e. The lowest BCUT2D eigenvalue weighted by Crippen LogP contribution is -2.25. The molecule has 0 bridgehead atoms. The van der Waals surface area contributed by atoms with Crippen LogP contribution in [0.5, 0.6) is 0 Å². The van der Waals surface area contributed by atoms with E-state index in [4.69, 9.17) is 4.52 Å². The minimum atomic E-state index is -0.168. The van der Waals surface area contributed by atoms with Gasteiger partial charge in [0.1, 0.15) is 11.5 Å². The summed E-state index contributed by atoms with van der Waals surface area (Å²) in [5.74, 6) is 1.16. The van der Waals surface area contributed by atoms with Gasteiger partial charge in [-0.25, -0.2) is 0 Å². The molecule has 2 aromatic heterocycles. The molecule has 0 saturated carbocycles. The van der Waals surface area contributed by atoms with Crippen LogP contribution in [-0.2, 0) is 0 Å². The van der Waals surface area contributed by atoms with Gasteiger partial charge in [-0.3, -0.25) is 9.78 Å². The zero-order chi connectivity index (χ0) is 14.4. The number of pyridine rings is 1. The fraction of sp³-hybridized carbons (Fsp3) is 0.357. The first-order chi connectivity index (χ1) is 9.69. The number of carbonyl (C=O) groups excluding carboxylic acids is 1. The molecule has 0 spiro atoms. The van der Waals surface area contributed by atoms with Gasteiger partial charge in [-0.2, -0.15) is 0 Å². The fourth-order valence-corrected chi connectivity index (χ4v) is 1.67. The highest BCUT2D eigenvalue weighted by Crippen LogP contribution is 2.16. The number of rotatable bonds is 6. The number of aryl methyl sites for hydroxylation is 1. The second-order valence-electron chi connectivity index (χ2n) is 4.49. The van der Waals surface area contributed by atoms with Gasteiger partial charge in [0.15, 0.2) is 5.82 Å². The number of unbranched alkanes of at least 4 members (excludes halogenated alkanes) is 1. The third kappa shape index (κ3) is 3.81. The lowest BCUT2D eigenvalue weighted by molar-refractivity contribution is 0.0948. The third-order valence-electron chi connectivity index (χ3n) is 2.71. The second kappa shape index (κ2) is 6.70. The van der Waals surface area contributed by atoms with Crippen molar-refractivity contribution in [3.63, 3.8) is 0 Å². The Bertz CT molecular complexity index is 580. The normalized spacial score (nSPS) is 10.3. The molecule has 6 heteroatoms. The number of hydrogen-bond acceptors (Lipinski definition) is 5. The monoisotopic (exact) mass is 274 g/mol. The lowest BCUT2D eigenvalue weighted by Gasteiger charge is -2.06. The molecule has 0 radical (unpaired) electrons. The summed E-state index contributed by atoms with van der Waals surface area (Å²) in [4.78, 5) is 16.0. The van der Waals surface area contributed by atoms with Crippen LogP contribution in [0, 0.1) is 6.92 Å². The molecular formula is C14H18N4O2. The topological polar surface area (TPSA) is 80.0 Å². The Morgan fingerprint density at radius 3 is 2.95 bits per heavy atom. The summed E-state index contributed by atoms with van der Waals surface area (Å²) in [6, 6.07) is 5.24. The van der Waals surface area contributed by atoms with Crippen LogP contribution >= 0.6 is 0 Å². The zero-order valence-corrected chi connectivity index (χ0v) is 11.6. The average molecular weight is 274 g/mol. The molecule has 0 aromatic carbocycles. The van der Waals surface area contributed by atoms with Crippen molar-refractivity contribution in [2.24, 2.45) is 0 Å². The van der Waals surface area contributed by atoms with E-state index in [1.54, 1.807) is 24.4 Å². The van der Waals surface area contributed by atoms with Crippen LogP contribution in [0.1, 0.15) is 36.0 Å². The summed E-state index contributed by atoms with van der Waals surface area (Å²) in [5, 5.41) is 9.73. The molecule has 2 aromatic rings. The average Bonchev–Trinajstić information content (AvgIpc) is 2.84. The van der Waals surface area contributed by atoms with Crippen LogP contribution in [0.2, 0.25) is 0 Å². The molecule has 0 aliphatic heterocycles. The number of carbonyl (C=O) groups is 1. The molecule has 6 nitrogen and oxygen atoms in total. The quantitative estimate of drug-likeness (QED) is 0.791. The number of anilines is 2. The van der Waals surface area contributed by atoms with E-state index in [1.165, 1.54) is 0 Å². The maximum Gasteiger partial charge on any atom is 0.269 e. The highest BCUT2D eigenvalue weighted by molar-refractivity contribution is 5.93. The summed E-state index contributed by atoms with van der Waals surface area (Å²) in [6.45, 7) is 4.56. The van der Waals surface area contributed by atoms with Crippen molar-refractivity contribution in [3.05, 3.63) is 35.9 Å². The first kappa shape index (κ1) is 14.0. The summed E-state index contributed by atoms with van der Waals surface area (Å²) in [5.41, 5.74) is 1.13. The van der Waals surface area contributed by atoms with Gasteiger partial charge >= 0.3 is 0 Å². The standard InChI is InChI=1S/C14H18N4O2/c1-3-4-6-16-14(19)12-9-11(5-7-15-12)17-13-8-10(2)20-18-13/h5,7-9H,3-4,6H2,1-2H3,(H,16,19)(H,15,17,18). The molecule has 2 N–H and O–H groups in total. The Morgan fingerprint density at radius 1 is 1.40 bits per heavy atom. The van der Waals surface area contributed by atoms with E-state index in [2.05, 4.69) is 27.7 Å². The van der Waals surface area contributed by atoms with Crippen LogP contribution in [0.25, 0.3) is 0 Å². The van der Waals surface area contributed by atoms with Gasteiger partial charge < -0.3 is 15.2 Å². The van der Waals surface area contributed by atoms with E-state index in [1.807, 2.05) is 6.92 Å². The smallest absolute Gasteiger partial charge is 0.269 e.